The average molecular weight is 239 g/mol. The molecule has 5 nitrogen and oxygen atoms in total. The fourth-order valence-corrected chi connectivity index (χ4v) is 2.15. The first-order chi connectivity index (χ1) is 8.24. The standard InChI is InChI=1S/C12H21N3O2/c1-3-16-8-5-10-14-11(17-15-10)12(2)6-4-7-13-9-12/h13H,3-9H2,1-2H3. The lowest BCUT2D eigenvalue weighted by molar-refractivity contribution is 0.149. The quantitative estimate of drug-likeness (QED) is 0.785. The van der Waals surface area contributed by atoms with Gasteiger partial charge in [-0.25, -0.2) is 0 Å². The van der Waals surface area contributed by atoms with Gasteiger partial charge >= 0.3 is 0 Å². The zero-order chi connectivity index (χ0) is 12.1. The molecule has 2 heterocycles. The van der Waals surface area contributed by atoms with Crippen molar-refractivity contribution in [2.45, 2.75) is 38.5 Å². The van der Waals surface area contributed by atoms with Gasteiger partial charge in [-0.3, -0.25) is 0 Å². The summed E-state index contributed by atoms with van der Waals surface area (Å²) in [6.07, 6.45) is 2.99. The summed E-state index contributed by atoms with van der Waals surface area (Å²) >= 11 is 0. The predicted octanol–water partition coefficient (Wildman–Crippen LogP) is 1.29. The van der Waals surface area contributed by atoms with Crippen molar-refractivity contribution in [1.29, 1.82) is 0 Å². The Balaban J connectivity index is 1.96. The van der Waals surface area contributed by atoms with Crippen molar-refractivity contribution < 1.29 is 9.26 Å². The molecule has 1 aromatic heterocycles. The van der Waals surface area contributed by atoms with Gasteiger partial charge in [0.1, 0.15) is 0 Å². The normalized spacial score (nSPS) is 25.1. The minimum absolute atomic E-state index is 0.00485. The van der Waals surface area contributed by atoms with Gasteiger partial charge in [-0.05, 0) is 33.2 Å². The molecule has 1 unspecified atom stereocenters. The van der Waals surface area contributed by atoms with Crippen LogP contribution in [0.3, 0.4) is 0 Å². The second-order valence-electron chi connectivity index (χ2n) is 4.80. The SMILES string of the molecule is CCOCCc1noc(C2(C)CCCNC2)n1. The molecule has 0 amide bonds. The lowest BCUT2D eigenvalue weighted by Gasteiger charge is -2.30. The average Bonchev–Trinajstić information content (AvgIpc) is 2.80. The summed E-state index contributed by atoms with van der Waals surface area (Å²) in [5.74, 6) is 1.51. The van der Waals surface area contributed by atoms with Crippen LogP contribution < -0.4 is 5.32 Å². The van der Waals surface area contributed by atoms with Crippen LogP contribution in [-0.2, 0) is 16.6 Å². The zero-order valence-corrected chi connectivity index (χ0v) is 10.7. The third-order valence-corrected chi connectivity index (χ3v) is 3.26. The Bertz CT molecular complexity index is 345. The molecule has 1 aliphatic rings. The van der Waals surface area contributed by atoms with E-state index in [1.807, 2.05) is 6.92 Å². The number of piperidine rings is 1. The molecule has 0 bridgehead atoms. The van der Waals surface area contributed by atoms with Crippen LogP contribution >= 0.6 is 0 Å². The second kappa shape index (κ2) is 5.60. The number of ether oxygens (including phenoxy) is 1. The maximum absolute atomic E-state index is 5.38. The van der Waals surface area contributed by atoms with Crippen molar-refractivity contribution in [2.24, 2.45) is 0 Å². The van der Waals surface area contributed by atoms with Crippen LogP contribution in [0.4, 0.5) is 0 Å². The van der Waals surface area contributed by atoms with Gasteiger partial charge < -0.3 is 14.6 Å². The number of hydrogen-bond donors (Lipinski definition) is 1. The Labute approximate surface area is 102 Å². The monoisotopic (exact) mass is 239 g/mol. The summed E-state index contributed by atoms with van der Waals surface area (Å²) < 4.78 is 10.7. The van der Waals surface area contributed by atoms with Gasteiger partial charge in [0.25, 0.3) is 0 Å². The highest BCUT2D eigenvalue weighted by atomic mass is 16.5. The second-order valence-corrected chi connectivity index (χ2v) is 4.80. The van der Waals surface area contributed by atoms with E-state index in [4.69, 9.17) is 9.26 Å². The summed E-state index contributed by atoms with van der Waals surface area (Å²) in [7, 11) is 0. The van der Waals surface area contributed by atoms with Crippen LogP contribution in [0.25, 0.3) is 0 Å². The number of aromatic nitrogens is 2. The molecular weight excluding hydrogens is 218 g/mol. The smallest absolute Gasteiger partial charge is 0.233 e. The molecule has 96 valence electrons. The maximum Gasteiger partial charge on any atom is 0.233 e. The van der Waals surface area contributed by atoms with Crippen molar-refractivity contribution >= 4 is 0 Å². The molecule has 5 heteroatoms. The van der Waals surface area contributed by atoms with Gasteiger partial charge in [0.15, 0.2) is 5.82 Å². The summed E-state index contributed by atoms with van der Waals surface area (Å²) in [6, 6.07) is 0. The fourth-order valence-electron chi connectivity index (χ4n) is 2.15. The first-order valence-electron chi connectivity index (χ1n) is 6.36. The van der Waals surface area contributed by atoms with E-state index in [1.54, 1.807) is 0 Å². The van der Waals surface area contributed by atoms with Gasteiger partial charge in [-0.1, -0.05) is 5.16 Å². The number of rotatable bonds is 5. The van der Waals surface area contributed by atoms with E-state index in [1.165, 1.54) is 0 Å². The molecule has 1 aliphatic heterocycles. The third kappa shape index (κ3) is 3.04. The molecule has 1 fully saturated rings. The first-order valence-corrected chi connectivity index (χ1v) is 6.36. The molecule has 1 aromatic rings. The summed E-state index contributed by atoms with van der Waals surface area (Å²) in [4.78, 5) is 4.48. The van der Waals surface area contributed by atoms with Crippen molar-refractivity contribution in [3.63, 3.8) is 0 Å². The van der Waals surface area contributed by atoms with E-state index in [-0.39, 0.29) is 5.41 Å². The molecule has 1 saturated heterocycles. The fraction of sp³-hybridized carbons (Fsp3) is 0.833. The van der Waals surface area contributed by atoms with Gasteiger partial charge in [-0.2, -0.15) is 4.98 Å². The zero-order valence-electron chi connectivity index (χ0n) is 10.7. The number of nitrogens with one attached hydrogen (secondary N) is 1. The molecule has 1 atom stereocenters. The highest BCUT2D eigenvalue weighted by Gasteiger charge is 2.34. The summed E-state index contributed by atoms with van der Waals surface area (Å²) in [5, 5.41) is 7.40. The highest BCUT2D eigenvalue weighted by molar-refractivity contribution is 5.06. The van der Waals surface area contributed by atoms with Crippen molar-refractivity contribution in [3.05, 3.63) is 11.7 Å². The minimum atomic E-state index is -0.00485. The van der Waals surface area contributed by atoms with E-state index in [9.17, 15) is 0 Å². The number of nitrogens with zero attached hydrogens (tertiary/aromatic N) is 2. The lowest BCUT2D eigenvalue weighted by Crippen LogP contribution is -2.41. The van der Waals surface area contributed by atoms with Crippen molar-refractivity contribution in [1.82, 2.24) is 15.5 Å². The lowest BCUT2D eigenvalue weighted by atomic mass is 9.83. The van der Waals surface area contributed by atoms with Gasteiger partial charge in [0.2, 0.25) is 5.89 Å². The van der Waals surface area contributed by atoms with Gasteiger partial charge in [0.05, 0.1) is 12.0 Å². The third-order valence-electron chi connectivity index (χ3n) is 3.26. The topological polar surface area (TPSA) is 60.2 Å². The Morgan fingerprint density at radius 1 is 1.53 bits per heavy atom. The summed E-state index contributed by atoms with van der Waals surface area (Å²) in [5.41, 5.74) is -0.00485. The van der Waals surface area contributed by atoms with Crippen LogP contribution in [0.15, 0.2) is 4.52 Å². The van der Waals surface area contributed by atoms with Crippen molar-refractivity contribution in [2.75, 3.05) is 26.3 Å². The number of hydrogen-bond acceptors (Lipinski definition) is 5. The molecule has 0 aromatic carbocycles. The highest BCUT2D eigenvalue weighted by Crippen LogP contribution is 2.29. The van der Waals surface area contributed by atoms with E-state index in [0.29, 0.717) is 6.61 Å². The van der Waals surface area contributed by atoms with Crippen LogP contribution in [0.5, 0.6) is 0 Å². The minimum Gasteiger partial charge on any atom is -0.381 e. The van der Waals surface area contributed by atoms with E-state index in [0.717, 1.165) is 50.7 Å². The molecule has 2 rings (SSSR count). The Morgan fingerprint density at radius 3 is 3.12 bits per heavy atom. The largest absolute Gasteiger partial charge is 0.381 e. The molecule has 0 spiro atoms. The molecule has 0 radical (unpaired) electrons. The molecular formula is C12H21N3O2. The van der Waals surface area contributed by atoms with Crippen LogP contribution in [0.2, 0.25) is 0 Å². The maximum atomic E-state index is 5.38. The molecule has 17 heavy (non-hydrogen) atoms. The summed E-state index contributed by atoms with van der Waals surface area (Å²) in [6.45, 7) is 7.55. The van der Waals surface area contributed by atoms with Gasteiger partial charge in [0, 0.05) is 19.6 Å². The molecule has 0 saturated carbocycles. The van der Waals surface area contributed by atoms with Crippen LogP contribution in [0.1, 0.15) is 38.4 Å². The van der Waals surface area contributed by atoms with E-state index in [2.05, 4.69) is 22.4 Å². The van der Waals surface area contributed by atoms with Crippen LogP contribution in [-0.4, -0.2) is 36.4 Å². The molecule has 0 aliphatic carbocycles. The first kappa shape index (κ1) is 12.5. The van der Waals surface area contributed by atoms with E-state index >= 15 is 0 Å². The Hall–Kier alpha value is -0.940. The predicted molar refractivity (Wildman–Crippen MR) is 64.0 cm³/mol. The Morgan fingerprint density at radius 2 is 2.41 bits per heavy atom. The van der Waals surface area contributed by atoms with Crippen molar-refractivity contribution in [3.8, 4) is 0 Å². The van der Waals surface area contributed by atoms with Gasteiger partial charge in [-0.15, -0.1) is 0 Å². The van der Waals surface area contributed by atoms with E-state index < -0.39 is 0 Å². The molecule has 1 N–H and O–H groups in total. The Kier molecular flexibility index (Phi) is 4.12. The van der Waals surface area contributed by atoms with Crippen LogP contribution in [0, 0.1) is 0 Å².